The Bertz CT molecular complexity index is 553. The van der Waals surface area contributed by atoms with Crippen molar-refractivity contribution in [2.75, 3.05) is 20.7 Å². The molecule has 0 aromatic carbocycles. The van der Waals surface area contributed by atoms with Crippen LogP contribution in [0.2, 0.25) is 0 Å². The minimum absolute atomic E-state index is 0.000260. The molecule has 3 aliphatic heterocycles. The molecule has 5 heteroatoms. The summed E-state index contributed by atoms with van der Waals surface area (Å²) in [5.74, 6) is -0.0623. The molecule has 0 aromatic rings. The van der Waals surface area contributed by atoms with Crippen molar-refractivity contribution in [2.45, 2.75) is 19.4 Å². The van der Waals surface area contributed by atoms with Crippen molar-refractivity contribution >= 4 is 11.6 Å². The predicted octanol–water partition coefficient (Wildman–Crippen LogP) is 1.26. The van der Waals surface area contributed by atoms with Gasteiger partial charge in [-0.3, -0.25) is 4.79 Å². The van der Waals surface area contributed by atoms with Crippen molar-refractivity contribution in [3.63, 3.8) is 0 Å². The van der Waals surface area contributed by atoms with Crippen molar-refractivity contribution in [1.82, 2.24) is 9.91 Å². The Labute approximate surface area is 112 Å². The molecule has 1 unspecified atom stereocenters. The molecule has 3 aliphatic rings. The second-order valence-corrected chi connectivity index (χ2v) is 5.14. The quantitative estimate of drug-likeness (QED) is 0.554. The number of epoxide rings is 1. The molecule has 3 heterocycles. The molecule has 1 saturated heterocycles. The molecule has 0 N–H and O–H groups in total. The van der Waals surface area contributed by atoms with Crippen LogP contribution in [0.4, 0.5) is 0 Å². The third-order valence-electron chi connectivity index (χ3n) is 3.47. The van der Waals surface area contributed by atoms with Crippen LogP contribution < -0.4 is 0 Å². The van der Waals surface area contributed by atoms with Crippen LogP contribution in [0, 0.1) is 0 Å². The molecular formula is C14H17N3O2. The van der Waals surface area contributed by atoms with E-state index in [1.807, 2.05) is 19.2 Å². The lowest BCUT2D eigenvalue weighted by atomic mass is 10.1. The fraction of sp³-hybridized carbons (Fsp3) is 0.429. The third-order valence-corrected chi connectivity index (χ3v) is 3.47. The molecule has 19 heavy (non-hydrogen) atoms. The molecule has 0 bridgehead atoms. The average molecular weight is 259 g/mol. The number of hydrazone groups is 1. The number of allylic oxidation sites excluding steroid dienone is 3. The van der Waals surface area contributed by atoms with Crippen LogP contribution in [0.3, 0.4) is 0 Å². The normalized spacial score (nSPS) is 30.5. The maximum atomic E-state index is 12.0. The summed E-state index contributed by atoms with van der Waals surface area (Å²) in [5.41, 5.74) is 3.91. The number of carbonyl (C=O) groups is 1. The largest absolute Gasteiger partial charge is 0.366 e. The van der Waals surface area contributed by atoms with Gasteiger partial charge in [-0.2, -0.15) is 5.10 Å². The molecule has 5 nitrogen and oxygen atoms in total. The van der Waals surface area contributed by atoms with Gasteiger partial charge >= 0.3 is 0 Å². The number of nitrogens with zero attached hydrogens (tertiary/aromatic N) is 3. The maximum Gasteiger partial charge on any atom is 0.275 e. The number of rotatable bonds is 2. The summed E-state index contributed by atoms with van der Waals surface area (Å²) in [5, 5.41) is 5.62. The van der Waals surface area contributed by atoms with Crippen molar-refractivity contribution in [3.8, 4) is 0 Å². The van der Waals surface area contributed by atoms with Crippen LogP contribution in [0.1, 0.15) is 13.3 Å². The zero-order valence-corrected chi connectivity index (χ0v) is 11.4. The highest BCUT2D eigenvalue weighted by Crippen LogP contribution is 2.26. The standard InChI is InChI=1S/C14H17N3O2/c1-9-6-10(16(2)7-9)4-5-11-13(12-8-19-12)15-17(3)14(11)18/h4-5,7,12H,6,8H2,1-3H3/b10-4-,11-5+. The fourth-order valence-electron chi connectivity index (χ4n) is 2.37. The summed E-state index contributed by atoms with van der Waals surface area (Å²) >= 11 is 0. The topological polar surface area (TPSA) is 48.4 Å². The highest BCUT2D eigenvalue weighted by atomic mass is 16.6. The van der Waals surface area contributed by atoms with E-state index in [2.05, 4.69) is 23.1 Å². The molecule has 0 spiro atoms. The van der Waals surface area contributed by atoms with Gasteiger partial charge in [0, 0.05) is 32.4 Å². The first-order valence-electron chi connectivity index (χ1n) is 6.36. The van der Waals surface area contributed by atoms with Gasteiger partial charge in [-0.1, -0.05) is 5.57 Å². The lowest BCUT2D eigenvalue weighted by Crippen LogP contribution is -2.17. The van der Waals surface area contributed by atoms with Crippen LogP contribution in [0.5, 0.6) is 0 Å². The molecule has 0 aromatic heterocycles. The number of hydrogen-bond acceptors (Lipinski definition) is 4. The van der Waals surface area contributed by atoms with E-state index in [4.69, 9.17) is 4.74 Å². The Hall–Kier alpha value is -1.88. The van der Waals surface area contributed by atoms with E-state index >= 15 is 0 Å². The number of amides is 1. The first-order chi connectivity index (χ1) is 9.06. The summed E-state index contributed by atoms with van der Waals surface area (Å²) in [6, 6.07) is 0. The lowest BCUT2D eigenvalue weighted by molar-refractivity contribution is -0.124. The summed E-state index contributed by atoms with van der Waals surface area (Å²) in [6.45, 7) is 2.76. The van der Waals surface area contributed by atoms with Gasteiger partial charge < -0.3 is 9.64 Å². The van der Waals surface area contributed by atoms with Gasteiger partial charge in [-0.25, -0.2) is 5.01 Å². The van der Waals surface area contributed by atoms with Crippen LogP contribution in [0.15, 0.2) is 40.3 Å². The monoisotopic (exact) mass is 259 g/mol. The van der Waals surface area contributed by atoms with Crippen molar-refractivity contribution in [2.24, 2.45) is 5.10 Å². The number of likely N-dealkylation sites (N-methyl/N-ethyl adjacent to an activating group) is 1. The van der Waals surface area contributed by atoms with Gasteiger partial charge in [0.25, 0.3) is 5.91 Å². The zero-order valence-electron chi connectivity index (χ0n) is 11.4. The van der Waals surface area contributed by atoms with Gasteiger partial charge in [0.15, 0.2) is 0 Å². The summed E-state index contributed by atoms with van der Waals surface area (Å²) in [7, 11) is 3.69. The highest BCUT2D eigenvalue weighted by molar-refractivity contribution is 6.26. The van der Waals surface area contributed by atoms with Crippen LogP contribution >= 0.6 is 0 Å². The van der Waals surface area contributed by atoms with E-state index in [1.165, 1.54) is 16.3 Å². The molecule has 0 radical (unpaired) electrons. The predicted molar refractivity (Wildman–Crippen MR) is 72.2 cm³/mol. The average Bonchev–Trinajstić information content (AvgIpc) is 3.09. The molecule has 1 amide bonds. The van der Waals surface area contributed by atoms with E-state index in [-0.39, 0.29) is 12.0 Å². The molecule has 1 fully saturated rings. The SMILES string of the molecule is CC1=CN(C)/C(=C\C=C2\C(=O)N(C)N=C2C2CO2)C1. The highest BCUT2D eigenvalue weighted by Gasteiger charge is 2.39. The van der Waals surface area contributed by atoms with Gasteiger partial charge in [0.05, 0.1) is 12.2 Å². The van der Waals surface area contributed by atoms with Gasteiger partial charge in [0.2, 0.25) is 0 Å². The van der Waals surface area contributed by atoms with E-state index in [0.29, 0.717) is 12.2 Å². The molecule has 3 rings (SSSR count). The van der Waals surface area contributed by atoms with Crippen molar-refractivity contribution in [1.29, 1.82) is 0 Å². The summed E-state index contributed by atoms with van der Waals surface area (Å²) in [4.78, 5) is 14.1. The number of hydrogen-bond donors (Lipinski definition) is 0. The first kappa shape index (κ1) is 12.2. The van der Waals surface area contributed by atoms with Crippen LogP contribution in [-0.4, -0.2) is 48.3 Å². The van der Waals surface area contributed by atoms with E-state index < -0.39 is 0 Å². The number of ether oxygens (including phenoxy) is 1. The Morgan fingerprint density at radius 3 is 2.74 bits per heavy atom. The fourth-order valence-corrected chi connectivity index (χ4v) is 2.37. The smallest absolute Gasteiger partial charge is 0.275 e. The molecule has 100 valence electrons. The molecule has 0 aliphatic carbocycles. The van der Waals surface area contributed by atoms with Crippen molar-refractivity contribution in [3.05, 3.63) is 35.2 Å². The molecule has 1 atom stereocenters. The van der Waals surface area contributed by atoms with E-state index in [0.717, 1.165) is 12.1 Å². The second kappa shape index (κ2) is 4.35. The van der Waals surface area contributed by atoms with Crippen LogP contribution in [0.25, 0.3) is 0 Å². The lowest BCUT2D eigenvalue weighted by Gasteiger charge is -2.09. The number of carbonyl (C=O) groups excluding carboxylic acids is 1. The maximum absolute atomic E-state index is 12.0. The van der Waals surface area contributed by atoms with Gasteiger partial charge in [-0.05, 0) is 19.1 Å². The van der Waals surface area contributed by atoms with Gasteiger partial charge in [0.1, 0.15) is 11.8 Å². The van der Waals surface area contributed by atoms with Crippen LogP contribution in [-0.2, 0) is 9.53 Å². The first-order valence-corrected chi connectivity index (χ1v) is 6.36. The second-order valence-electron chi connectivity index (χ2n) is 5.14. The van der Waals surface area contributed by atoms with E-state index in [1.54, 1.807) is 7.05 Å². The summed E-state index contributed by atoms with van der Waals surface area (Å²) < 4.78 is 5.24. The Kier molecular flexibility index (Phi) is 2.78. The Balaban J connectivity index is 1.85. The zero-order chi connectivity index (χ0) is 13.6. The minimum Gasteiger partial charge on any atom is -0.366 e. The molecular weight excluding hydrogens is 242 g/mol. The third kappa shape index (κ3) is 2.21. The molecule has 0 saturated carbocycles. The van der Waals surface area contributed by atoms with E-state index in [9.17, 15) is 4.79 Å². The Morgan fingerprint density at radius 2 is 2.16 bits per heavy atom. The Morgan fingerprint density at radius 1 is 1.42 bits per heavy atom. The minimum atomic E-state index is -0.0623. The van der Waals surface area contributed by atoms with Crippen molar-refractivity contribution < 1.29 is 9.53 Å². The van der Waals surface area contributed by atoms with Gasteiger partial charge in [-0.15, -0.1) is 0 Å². The summed E-state index contributed by atoms with van der Waals surface area (Å²) in [6.07, 6.45) is 6.89.